The SMILES string of the molecule is CC1CN(Cc2ccccc2)CCCN1Cc1cccc(C(=O)O)c1. The molecule has 4 heteroatoms. The predicted octanol–water partition coefficient (Wildman–Crippen LogP) is 3.48. The zero-order valence-electron chi connectivity index (χ0n) is 14.8. The van der Waals surface area contributed by atoms with Crippen molar-refractivity contribution in [2.75, 3.05) is 19.6 Å². The number of hydrogen-bond donors (Lipinski definition) is 1. The van der Waals surface area contributed by atoms with Crippen LogP contribution in [0.25, 0.3) is 0 Å². The van der Waals surface area contributed by atoms with Gasteiger partial charge in [-0.3, -0.25) is 9.80 Å². The second-order valence-electron chi connectivity index (χ2n) is 6.90. The minimum Gasteiger partial charge on any atom is -0.478 e. The summed E-state index contributed by atoms with van der Waals surface area (Å²) < 4.78 is 0. The maximum atomic E-state index is 11.2. The maximum Gasteiger partial charge on any atom is 0.335 e. The molecule has 2 aromatic rings. The van der Waals surface area contributed by atoms with Crippen LogP contribution < -0.4 is 0 Å². The van der Waals surface area contributed by atoms with E-state index in [0.717, 1.165) is 44.7 Å². The zero-order chi connectivity index (χ0) is 17.6. The molecule has 132 valence electrons. The van der Waals surface area contributed by atoms with Crippen LogP contribution in [-0.4, -0.2) is 46.6 Å². The molecule has 0 aromatic heterocycles. The van der Waals surface area contributed by atoms with Gasteiger partial charge in [0.25, 0.3) is 0 Å². The molecule has 1 heterocycles. The van der Waals surface area contributed by atoms with E-state index in [-0.39, 0.29) is 0 Å². The first-order valence-corrected chi connectivity index (χ1v) is 8.94. The summed E-state index contributed by atoms with van der Waals surface area (Å²) in [6, 6.07) is 18.4. The summed E-state index contributed by atoms with van der Waals surface area (Å²) in [5.41, 5.74) is 2.80. The number of carbonyl (C=O) groups is 1. The Bertz CT molecular complexity index is 702. The Morgan fingerprint density at radius 2 is 1.80 bits per heavy atom. The summed E-state index contributed by atoms with van der Waals surface area (Å²) in [6.45, 7) is 7.25. The third-order valence-electron chi connectivity index (χ3n) is 4.87. The summed E-state index contributed by atoms with van der Waals surface area (Å²) in [6.07, 6.45) is 1.13. The number of benzene rings is 2. The van der Waals surface area contributed by atoms with Crippen LogP contribution in [0.2, 0.25) is 0 Å². The molecular weight excluding hydrogens is 312 g/mol. The van der Waals surface area contributed by atoms with Gasteiger partial charge >= 0.3 is 5.97 Å². The summed E-state index contributed by atoms with van der Waals surface area (Å²) in [4.78, 5) is 16.1. The first kappa shape index (κ1) is 17.6. The smallest absolute Gasteiger partial charge is 0.335 e. The van der Waals surface area contributed by atoms with Crippen molar-refractivity contribution in [1.29, 1.82) is 0 Å². The molecule has 0 spiro atoms. The van der Waals surface area contributed by atoms with E-state index in [1.807, 2.05) is 12.1 Å². The average Bonchev–Trinajstić information content (AvgIpc) is 2.77. The lowest BCUT2D eigenvalue weighted by molar-refractivity contribution is 0.0696. The number of carboxylic acid groups (broad SMARTS) is 1. The fourth-order valence-electron chi connectivity index (χ4n) is 3.56. The monoisotopic (exact) mass is 338 g/mol. The highest BCUT2D eigenvalue weighted by Gasteiger charge is 2.21. The Hall–Kier alpha value is -2.17. The third-order valence-corrected chi connectivity index (χ3v) is 4.87. The van der Waals surface area contributed by atoms with Gasteiger partial charge in [0.2, 0.25) is 0 Å². The number of nitrogens with zero attached hydrogens (tertiary/aromatic N) is 2. The highest BCUT2D eigenvalue weighted by atomic mass is 16.4. The molecule has 3 rings (SSSR count). The van der Waals surface area contributed by atoms with Gasteiger partial charge in [0.05, 0.1) is 5.56 Å². The van der Waals surface area contributed by atoms with Crippen LogP contribution >= 0.6 is 0 Å². The van der Waals surface area contributed by atoms with Crippen LogP contribution in [0.3, 0.4) is 0 Å². The minimum absolute atomic E-state index is 0.366. The van der Waals surface area contributed by atoms with E-state index in [1.54, 1.807) is 12.1 Å². The van der Waals surface area contributed by atoms with Gasteiger partial charge in [0.1, 0.15) is 0 Å². The number of carboxylic acids is 1. The fourth-order valence-corrected chi connectivity index (χ4v) is 3.56. The Balaban J connectivity index is 1.62. The second-order valence-corrected chi connectivity index (χ2v) is 6.90. The van der Waals surface area contributed by atoms with Gasteiger partial charge in [-0.1, -0.05) is 42.5 Å². The van der Waals surface area contributed by atoms with E-state index in [0.29, 0.717) is 11.6 Å². The van der Waals surface area contributed by atoms with Crippen LogP contribution in [0.1, 0.15) is 34.8 Å². The molecule has 2 aromatic carbocycles. The van der Waals surface area contributed by atoms with Crippen LogP contribution in [-0.2, 0) is 13.1 Å². The van der Waals surface area contributed by atoms with Gasteiger partial charge in [0, 0.05) is 32.2 Å². The average molecular weight is 338 g/mol. The molecule has 1 atom stereocenters. The molecule has 0 aliphatic carbocycles. The molecule has 0 amide bonds. The third kappa shape index (κ3) is 4.91. The Labute approximate surface area is 149 Å². The van der Waals surface area contributed by atoms with Crippen LogP contribution in [0.5, 0.6) is 0 Å². The number of aromatic carboxylic acids is 1. The van der Waals surface area contributed by atoms with Crippen molar-refractivity contribution in [1.82, 2.24) is 9.80 Å². The largest absolute Gasteiger partial charge is 0.478 e. The molecule has 0 radical (unpaired) electrons. The van der Waals surface area contributed by atoms with Gasteiger partial charge in [0.15, 0.2) is 0 Å². The summed E-state index contributed by atoms with van der Waals surface area (Å²) in [7, 11) is 0. The molecule has 4 nitrogen and oxygen atoms in total. The van der Waals surface area contributed by atoms with Gasteiger partial charge < -0.3 is 5.11 Å². The van der Waals surface area contributed by atoms with Gasteiger partial charge in [-0.05, 0) is 43.1 Å². The van der Waals surface area contributed by atoms with Crippen molar-refractivity contribution in [2.45, 2.75) is 32.5 Å². The van der Waals surface area contributed by atoms with Crippen LogP contribution in [0.15, 0.2) is 54.6 Å². The molecule has 1 N–H and O–H groups in total. The summed E-state index contributed by atoms with van der Waals surface area (Å²) in [5, 5.41) is 9.17. The molecular formula is C21H26N2O2. The lowest BCUT2D eigenvalue weighted by Crippen LogP contribution is -2.38. The molecule has 25 heavy (non-hydrogen) atoms. The fraction of sp³-hybridized carbons (Fsp3) is 0.381. The van der Waals surface area contributed by atoms with Gasteiger partial charge in [-0.15, -0.1) is 0 Å². The zero-order valence-corrected chi connectivity index (χ0v) is 14.8. The quantitative estimate of drug-likeness (QED) is 0.906. The molecule has 1 aliphatic heterocycles. The Morgan fingerprint density at radius 3 is 2.56 bits per heavy atom. The lowest BCUT2D eigenvalue weighted by Gasteiger charge is -2.29. The van der Waals surface area contributed by atoms with E-state index in [4.69, 9.17) is 5.11 Å². The maximum absolute atomic E-state index is 11.2. The second kappa shape index (κ2) is 8.28. The normalized spacial score (nSPS) is 19.5. The van der Waals surface area contributed by atoms with Crippen molar-refractivity contribution in [3.8, 4) is 0 Å². The molecule has 1 saturated heterocycles. The van der Waals surface area contributed by atoms with Crippen molar-refractivity contribution in [2.24, 2.45) is 0 Å². The molecule has 0 saturated carbocycles. The highest BCUT2D eigenvalue weighted by Crippen LogP contribution is 2.17. The van der Waals surface area contributed by atoms with Gasteiger partial charge in [-0.25, -0.2) is 4.79 Å². The Kier molecular flexibility index (Phi) is 5.84. The molecule has 1 unspecified atom stereocenters. The van der Waals surface area contributed by atoms with E-state index in [1.165, 1.54) is 5.56 Å². The number of hydrogen-bond acceptors (Lipinski definition) is 3. The molecule has 0 bridgehead atoms. The van der Waals surface area contributed by atoms with Crippen LogP contribution in [0.4, 0.5) is 0 Å². The number of rotatable bonds is 5. The van der Waals surface area contributed by atoms with Crippen molar-refractivity contribution in [3.05, 3.63) is 71.3 Å². The van der Waals surface area contributed by atoms with Gasteiger partial charge in [-0.2, -0.15) is 0 Å². The molecule has 1 fully saturated rings. The van der Waals surface area contributed by atoms with Crippen molar-refractivity contribution in [3.63, 3.8) is 0 Å². The Morgan fingerprint density at radius 1 is 1.04 bits per heavy atom. The van der Waals surface area contributed by atoms with Crippen molar-refractivity contribution >= 4 is 5.97 Å². The van der Waals surface area contributed by atoms with E-state index in [9.17, 15) is 4.79 Å². The van der Waals surface area contributed by atoms with E-state index < -0.39 is 5.97 Å². The summed E-state index contributed by atoms with van der Waals surface area (Å²) in [5.74, 6) is -0.861. The standard InChI is InChI=1S/C21H26N2O2/c1-17-14-22(15-18-7-3-2-4-8-18)11-6-12-23(17)16-19-9-5-10-20(13-19)21(24)25/h2-5,7-10,13,17H,6,11-12,14-16H2,1H3,(H,24,25). The van der Waals surface area contributed by atoms with Crippen LogP contribution in [0, 0.1) is 0 Å². The topological polar surface area (TPSA) is 43.8 Å². The highest BCUT2D eigenvalue weighted by molar-refractivity contribution is 5.87. The van der Waals surface area contributed by atoms with Crippen molar-refractivity contribution < 1.29 is 9.90 Å². The van der Waals surface area contributed by atoms with E-state index in [2.05, 4.69) is 47.1 Å². The summed E-state index contributed by atoms with van der Waals surface area (Å²) >= 11 is 0. The van der Waals surface area contributed by atoms with E-state index >= 15 is 0 Å². The minimum atomic E-state index is -0.861. The first-order chi connectivity index (χ1) is 12.1. The predicted molar refractivity (Wildman–Crippen MR) is 99.6 cm³/mol. The molecule has 1 aliphatic rings. The lowest BCUT2D eigenvalue weighted by atomic mass is 10.1. The first-order valence-electron chi connectivity index (χ1n) is 8.94.